The Morgan fingerprint density at radius 2 is 2.44 bits per heavy atom. The fourth-order valence-electron chi connectivity index (χ4n) is 0.600. The lowest BCUT2D eigenvalue weighted by molar-refractivity contribution is 0.767. The lowest BCUT2D eigenvalue weighted by atomic mass is 10.4. The van der Waals surface area contributed by atoms with Crippen molar-refractivity contribution in [2.45, 2.75) is 5.88 Å². The Labute approximate surface area is 63.4 Å². The van der Waals surface area contributed by atoms with Gasteiger partial charge in [0.1, 0.15) is 0 Å². The predicted octanol–water partition coefficient (Wildman–Crippen LogP) is 1.81. The highest BCUT2D eigenvalue weighted by molar-refractivity contribution is 6.31. The summed E-state index contributed by atoms with van der Waals surface area (Å²) >= 11 is 11.1. The van der Waals surface area contributed by atoms with Crippen LogP contribution in [0.3, 0.4) is 0 Å². The first-order valence-corrected chi connectivity index (χ1v) is 3.39. The van der Waals surface area contributed by atoms with E-state index in [1.807, 2.05) is 7.05 Å². The van der Waals surface area contributed by atoms with Crippen molar-refractivity contribution in [3.05, 3.63) is 16.9 Å². The van der Waals surface area contributed by atoms with Crippen molar-refractivity contribution < 1.29 is 0 Å². The first-order chi connectivity index (χ1) is 4.24. The smallest absolute Gasteiger partial charge is 0.155 e. The zero-order valence-electron chi connectivity index (χ0n) is 4.93. The molecular weight excluding hydrogens is 159 g/mol. The molecule has 0 aliphatic heterocycles. The van der Waals surface area contributed by atoms with Crippen molar-refractivity contribution >= 4 is 23.2 Å². The number of aromatic nitrogens is 2. The molecule has 0 radical (unpaired) electrons. The first-order valence-electron chi connectivity index (χ1n) is 2.48. The van der Waals surface area contributed by atoms with Crippen LogP contribution in [0.1, 0.15) is 5.56 Å². The van der Waals surface area contributed by atoms with Crippen molar-refractivity contribution in [3.63, 3.8) is 0 Å². The summed E-state index contributed by atoms with van der Waals surface area (Å²) in [5.41, 5.74) is 0.876. The summed E-state index contributed by atoms with van der Waals surface area (Å²) in [6, 6.07) is 0. The molecule has 0 unspecified atom stereocenters. The van der Waals surface area contributed by atoms with E-state index in [1.54, 1.807) is 10.9 Å². The van der Waals surface area contributed by atoms with Crippen LogP contribution in [0, 0.1) is 0 Å². The molecule has 1 aromatic heterocycles. The number of nitrogens with zero attached hydrogens (tertiary/aromatic N) is 2. The minimum Gasteiger partial charge on any atom is -0.274 e. The Kier molecular flexibility index (Phi) is 1.98. The van der Waals surface area contributed by atoms with Crippen LogP contribution in [0.15, 0.2) is 6.20 Å². The molecule has 50 valence electrons. The molecular formula is C5H6Cl2N2. The molecule has 4 heteroatoms. The Bertz CT molecular complexity index is 207. The fraction of sp³-hybridized carbons (Fsp3) is 0.400. The number of aryl methyl sites for hydroxylation is 1. The van der Waals surface area contributed by atoms with Gasteiger partial charge < -0.3 is 0 Å². The third kappa shape index (κ3) is 1.37. The number of halogens is 2. The lowest BCUT2D eigenvalue weighted by Crippen LogP contribution is -1.84. The molecule has 0 atom stereocenters. The second-order valence-corrected chi connectivity index (χ2v) is 2.38. The van der Waals surface area contributed by atoms with Gasteiger partial charge in [-0.3, -0.25) is 4.68 Å². The molecule has 1 rings (SSSR count). The summed E-state index contributed by atoms with van der Waals surface area (Å²) in [6.45, 7) is 0. The van der Waals surface area contributed by atoms with Gasteiger partial charge >= 0.3 is 0 Å². The van der Waals surface area contributed by atoms with E-state index in [2.05, 4.69) is 5.10 Å². The zero-order chi connectivity index (χ0) is 6.85. The normalized spacial score (nSPS) is 10.1. The van der Waals surface area contributed by atoms with Gasteiger partial charge in [-0.2, -0.15) is 5.10 Å². The van der Waals surface area contributed by atoms with Crippen LogP contribution in [0.2, 0.25) is 5.15 Å². The second-order valence-electron chi connectivity index (χ2n) is 1.75. The van der Waals surface area contributed by atoms with Crippen LogP contribution < -0.4 is 0 Å². The Hall–Kier alpha value is -0.210. The molecule has 0 N–H and O–H groups in total. The van der Waals surface area contributed by atoms with Gasteiger partial charge in [-0.05, 0) is 0 Å². The highest BCUT2D eigenvalue weighted by Crippen LogP contribution is 2.13. The van der Waals surface area contributed by atoms with Crippen molar-refractivity contribution in [2.24, 2.45) is 7.05 Å². The van der Waals surface area contributed by atoms with Crippen LogP contribution in [0.5, 0.6) is 0 Å². The average Bonchev–Trinajstić information content (AvgIpc) is 2.10. The van der Waals surface area contributed by atoms with Gasteiger partial charge in [0, 0.05) is 18.8 Å². The number of alkyl halides is 1. The highest BCUT2D eigenvalue weighted by atomic mass is 35.5. The monoisotopic (exact) mass is 164 g/mol. The quantitative estimate of drug-likeness (QED) is 0.580. The molecule has 0 saturated heterocycles. The molecule has 9 heavy (non-hydrogen) atoms. The van der Waals surface area contributed by atoms with Crippen molar-refractivity contribution in [2.75, 3.05) is 0 Å². The maximum Gasteiger partial charge on any atom is 0.155 e. The highest BCUT2D eigenvalue weighted by Gasteiger charge is 2.00. The third-order valence-corrected chi connectivity index (χ3v) is 1.60. The fourth-order valence-corrected chi connectivity index (χ4v) is 1.10. The molecule has 2 nitrogen and oxygen atoms in total. The Morgan fingerprint density at radius 3 is 2.67 bits per heavy atom. The zero-order valence-corrected chi connectivity index (χ0v) is 6.45. The number of hydrogen-bond donors (Lipinski definition) is 0. The van der Waals surface area contributed by atoms with Gasteiger partial charge in [-0.15, -0.1) is 11.6 Å². The van der Waals surface area contributed by atoms with Crippen LogP contribution >= 0.6 is 23.2 Å². The maximum absolute atomic E-state index is 5.63. The largest absolute Gasteiger partial charge is 0.274 e. The molecule has 0 fully saturated rings. The van der Waals surface area contributed by atoms with E-state index in [-0.39, 0.29) is 0 Å². The molecule has 0 spiro atoms. The second kappa shape index (κ2) is 2.58. The van der Waals surface area contributed by atoms with Gasteiger partial charge in [0.2, 0.25) is 0 Å². The first kappa shape index (κ1) is 6.90. The molecule has 0 amide bonds. The molecule has 0 aromatic carbocycles. The SMILES string of the molecule is Cn1cc(CCl)c(Cl)n1. The Morgan fingerprint density at radius 1 is 1.78 bits per heavy atom. The average molecular weight is 165 g/mol. The lowest BCUT2D eigenvalue weighted by Gasteiger charge is -1.81. The summed E-state index contributed by atoms with van der Waals surface area (Å²) in [5.74, 6) is 0.423. The van der Waals surface area contributed by atoms with Gasteiger partial charge in [0.25, 0.3) is 0 Å². The van der Waals surface area contributed by atoms with E-state index in [1.165, 1.54) is 0 Å². The topological polar surface area (TPSA) is 17.8 Å². The molecule has 0 bridgehead atoms. The van der Waals surface area contributed by atoms with Gasteiger partial charge in [-0.25, -0.2) is 0 Å². The van der Waals surface area contributed by atoms with E-state index in [4.69, 9.17) is 23.2 Å². The van der Waals surface area contributed by atoms with E-state index in [0.29, 0.717) is 11.0 Å². The summed E-state index contributed by atoms with van der Waals surface area (Å²) in [6.07, 6.45) is 1.80. The number of hydrogen-bond acceptors (Lipinski definition) is 1. The van der Waals surface area contributed by atoms with E-state index in [9.17, 15) is 0 Å². The van der Waals surface area contributed by atoms with Gasteiger partial charge in [-0.1, -0.05) is 11.6 Å². The van der Waals surface area contributed by atoms with Crippen LogP contribution in [-0.2, 0) is 12.9 Å². The van der Waals surface area contributed by atoms with E-state index in [0.717, 1.165) is 5.56 Å². The van der Waals surface area contributed by atoms with Crippen LogP contribution in [-0.4, -0.2) is 9.78 Å². The van der Waals surface area contributed by atoms with Crippen LogP contribution in [0.4, 0.5) is 0 Å². The summed E-state index contributed by atoms with van der Waals surface area (Å²) in [7, 11) is 1.81. The minimum absolute atomic E-state index is 0.423. The minimum atomic E-state index is 0.423. The van der Waals surface area contributed by atoms with Crippen molar-refractivity contribution in [1.82, 2.24) is 9.78 Å². The summed E-state index contributed by atoms with van der Waals surface area (Å²) in [5, 5.41) is 4.37. The summed E-state index contributed by atoms with van der Waals surface area (Å²) < 4.78 is 1.64. The molecule has 1 heterocycles. The Balaban J connectivity index is 3.01. The predicted molar refractivity (Wildman–Crippen MR) is 37.8 cm³/mol. The van der Waals surface area contributed by atoms with Gasteiger partial charge in [0.15, 0.2) is 5.15 Å². The van der Waals surface area contributed by atoms with Crippen LogP contribution in [0.25, 0.3) is 0 Å². The molecule has 0 saturated carbocycles. The van der Waals surface area contributed by atoms with Gasteiger partial charge in [0.05, 0.1) is 5.88 Å². The summed E-state index contributed by atoms with van der Waals surface area (Å²) in [4.78, 5) is 0. The molecule has 0 aliphatic carbocycles. The third-order valence-electron chi connectivity index (χ3n) is 0.997. The number of rotatable bonds is 1. The van der Waals surface area contributed by atoms with E-state index < -0.39 is 0 Å². The van der Waals surface area contributed by atoms with Crippen molar-refractivity contribution in [1.29, 1.82) is 0 Å². The molecule has 1 aromatic rings. The standard InChI is InChI=1S/C5H6Cl2N2/c1-9-3-4(2-6)5(7)8-9/h3H,2H2,1H3. The maximum atomic E-state index is 5.63. The van der Waals surface area contributed by atoms with Crippen molar-refractivity contribution in [3.8, 4) is 0 Å². The van der Waals surface area contributed by atoms with E-state index >= 15 is 0 Å². The molecule has 0 aliphatic rings.